The van der Waals surface area contributed by atoms with E-state index in [1.807, 2.05) is 33.0 Å². The van der Waals surface area contributed by atoms with Gasteiger partial charge in [-0.1, -0.05) is 39.2 Å². The van der Waals surface area contributed by atoms with Crippen LogP contribution in [0.25, 0.3) is 17.3 Å². The maximum absolute atomic E-state index is 14.0. The molecule has 36 heavy (non-hydrogen) atoms. The number of hydrogen-bond donors (Lipinski definition) is 3. The molecule has 2 aromatic rings. The molecule has 1 aliphatic rings. The van der Waals surface area contributed by atoms with Crippen LogP contribution in [0.2, 0.25) is 0 Å². The van der Waals surface area contributed by atoms with E-state index in [2.05, 4.69) is 59.0 Å². The minimum Gasteiger partial charge on any atom is -0.388 e. The molecule has 0 bridgehead atoms. The van der Waals surface area contributed by atoms with Crippen molar-refractivity contribution in [1.82, 2.24) is 20.1 Å². The van der Waals surface area contributed by atoms with Crippen LogP contribution < -0.4 is 10.6 Å². The Labute approximate surface area is 217 Å². The Hall–Kier alpha value is -3.09. The van der Waals surface area contributed by atoms with Gasteiger partial charge in [-0.15, -0.1) is 6.58 Å². The normalized spacial score (nSPS) is 14.6. The molecule has 0 unspecified atom stereocenters. The Morgan fingerprint density at radius 2 is 1.78 bits per heavy atom. The van der Waals surface area contributed by atoms with Crippen molar-refractivity contribution in [1.29, 1.82) is 0 Å². The summed E-state index contributed by atoms with van der Waals surface area (Å²) in [4.78, 5) is 8.39. The number of halogens is 1. The Kier molecular flexibility index (Phi) is 11.7. The van der Waals surface area contributed by atoms with Gasteiger partial charge in [0.1, 0.15) is 5.82 Å². The number of nitrogens with zero attached hydrogens (tertiary/aromatic N) is 2. The molecule has 3 N–H and O–H groups in total. The quantitative estimate of drug-likeness (QED) is 0.268. The van der Waals surface area contributed by atoms with Crippen LogP contribution in [0.3, 0.4) is 0 Å². The van der Waals surface area contributed by atoms with E-state index in [-0.39, 0.29) is 5.82 Å². The summed E-state index contributed by atoms with van der Waals surface area (Å²) in [6.07, 6.45) is 5.75. The minimum atomic E-state index is -0.276. The van der Waals surface area contributed by atoms with Crippen molar-refractivity contribution in [3.05, 3.63) is 84.0 Å². The van der Waals surface area contributed by atoms with Crippen LogP contribution in [-0.2, 0) is 0 Å². The summed E-state index contributed by atoms with van der Waals surface area (Å²) in [5, 5.41) is 6.65. The van der Waals surface area contributed by atoms with Crippen LogP contribution >= 0.6 is 0 Å². The molecular formula is C30H44FN5. The van der Waals surface area contributed by atoms with Crippen LogP contribution in [0.1, 0.15) is 41.9 Å². The highest BCUT2D eigenvalue weighted by Crippen LogP contribution is 2.30. The van der Waals surface area contributed by atoms with Gasteiger partial charge < -0.3 is 15.6 Å². The van der Waals surface area contributed by atoms with Crippen molar-refractivity contribution in [3.63, 3.8) is 0 Å². The average Bonchev–Trinajstić information content (AvgIpc) is 3.17. The number of rotatable bonds is 11. The highest BCUT2D eigenvalue weighted by atomic mass is 19.1. The maximum atomic E-state index is 14.0. The number of aromatic nitrogens is 1. The fraction of sp³-hybridized carbons (Fsp3) is 0.400. The zero-order valence-electron chi connectivity index (χ0n) is 22.8. The Bertz CT molecular complexity index is 1060. The molecule has 5 nitrogen and oxygen atoms in total. The number of aromatic amines is 1. The van der Waals surface area contributed by atoms with Crippen molar-refractivity contribution >= 4 is 23.0 Å². The van der Waals surface area contributed by atoms with Crippen LogP contribution in [-0.4, -0.2) is 67.6 Å². The van der Waals surface area contributed by atoms with Gasteiger partial charge in [-0.25, -0.2) is 4.39 Å². The van der Waals surface area contributed by atoms with Gasteiger partial charge in [0.05, 0.1) is 0 Å². The van der Waals surface area contributed by atoms with Gasteiger partial charge in [-0.05, 0) is 49.3 Å². The summed E-state index contributed by atoms with van der Waals surface area (Å²) >= 11 is 0. The fourth-order valence-corrected chi connectivity index (χ4v) is 4.58. The first-order chi connectivity index (χ1) is 17.4. The molecule has 0 radical (unpaired) electrons. The number of nitrogens with one attached hydrogen (secondary N) is 3. The summed E-state index contributed by atoms with van der Waals surface area (Å²) in [6.45, 7) is 27.4. The summed E-state index contributed by atoms with van der Waals surface area (Å²) in [7, 11) is 1.83. The molecule has 0 aliphatic carbocycles. The second kappa shape index (κ2) is 14.5. The van der Waals surface area contributed by atoms with Crippen molar-refractivity contribution in [2.45, 2.75) is 27.7 Å². The van der Waals surface area contributed by atoms with E-state index in [1.165, 1.54) is 12.1 Å². The monoisotopic (exact) mass is 493 g/mol. The molecule has 1 aliphatic heterocycles. The number of benzene rings is 1. The predicted octanol–water partition coefficient (Wildman–Crippen LogP) is 5.93. The molecule has 0 atom stereocenters. The third-order valence-corrected chi connectivity index (χ3v) is 6.48. The first-order valence-corrected chi connectivity index (χ1v) is 12.9. The Balaban J connectivity index is 0.00000222. The molecule has 1 saturated heterocycles. The lowest BCUT2D eigenvalue weighted by Gasteiger charge is -2.34. The van der Waals surface area contributed by atoms with Gasteiger partial charge in [0, 0.05) is 86.8 Å². The molecule has 1 aromatic carbocycles. The Morgan fingerprint density at radius 1 is 1.11 bits per heavy atom. The molecule has 1 aromatic heterocycles. The lowest BCUT2D eigenvalue weighted by molar-refractivity contribution is 0.144. The average molecular weight is 494 g/mol. The van der Waals surface area contributed by atoms with Gasteiger partial charge in [-0.2, -0.15) is 0 Å². The number of hydrogen-bond acceptors (Lipinski definition) is 4. The number of anilines is 1. The molecule has 1 fully saturated rings. The third-order valence-electron chi connectivity index (χ3n) is 6.48. The first-order valence-electron chi connectivity index (χ1n) is 12.9. The third kappa shape index (κ3) is 7.45. The van der Waals surface area contributed by atoms with E-state index in [1.54, 1.807) is 12.1 Å². The molecular weight excluding hydrogens is 449 g/mol. The zero-order valence-corrected chi connectivity index (χ0v) is 22.8. The van der Waals surface area contributed by atoms with Crippen LogP contribution in [0.15, 0.2) is 50.1 Å². The summed E-state index contributed by atoms with van der Waals surface area (Å²) < 4.78 is 14.0. The van der Waals surface area contributed by atoms with E-state index in [4.69, 9.17) is 0 Å². The van der Waals surface area contributed by atoms with Crippen LogP contribution in [0, 0.1) is 19.7 Å². The van der Waals surface area contributed by atoms with E-state index < -0.39 is 0 Å². The van der Waals surface area contributed by atoms with Crippen LogP contribution in [0.4, 0.5) is 10.1 Å². The standard InChI is InChI=1S/C28H38FN5.C2H6/c1-7-12-33-14-16-34(17-15-33)13-11-31-21(4)28-20(3)27(32-22(28)5)18-23(8-2)25-19-24(29)9-10-26(25)30-6;1-2/h7-10,18-19,30-32H,1-2,4,11-17H2,3,5-6H3;1-2H3/b23-18+;. The van der Waals surface area contributed by atoms with Gasteiger partial charge in [0.15, 0.2) is 0 Å². The van der Waals surface area contributed by atoms with Crippen molar-refractivity contribution in [3.8, 4) is 0 Å². The lowest BCUT2D eigenvalue weighted by Crippen LogP contribution is -2.47. The van der Waals surface area contributed by atoms with E-state index in [0.29, 0.717) is 0 Å². The van der Waals surface area contributed by atoms with Crippen LogP contribution in [0.5, 0.6) is 0 Å². The lowest BCUT2D eigenvalue weighted by atomic mass is 10.0. The number of allylic oxidation sites excluding steroid dienone is 2. The number of aryl methyl sites for hydroxylation is 1. The molecule has 0 saturated carbocycles. The largest absolute Gasteiger partial charge is 0.388 e. The zero-order chi connectivity index (χ0) is 26.7. The molecule has 0 amide bonds. The molecule has 6 heteroatoms. The van der Waals surface area contributed by atoms with Gasteiger partial charge in [0.2, 0.25) is 0 Å². The second-order valence-electron chi connectivity index (χ2n) is 8.74. The summed E-state index contributed by atoms with van der Waals surface area (Å²) in [5.41, 5.74) is 7.60. The number of piperazine rings is 1. The fourth-order valence-electron chi connectivity index (χ4n) is 4.58. The molecule has 196 valence electrons. The topological polar surface area (TPSA) is 46.3 Å². The molecule has 0 spiro atoms. The predicted molar refractivity (Wildman–Crippen MR) is 156 cm³/mol. The summed E-state index contributed by atoms with van der Waals surface area (Å²) in [6, 6.07) is 4.73. The van der Waals surface area contributed by atoms with Gasteiger partial charge in [0.25, 0.3) is 0 Å². The van der Waals surface area contributed by atoms with Crippen molar-refractivity contribution in [2.24, 2.45) is 0 Å². The van der Waals surface area contributed by atoms with E-state index >= 15 is 0 Å². The van der Waals surface area contributed by atoms with E-state index in [9.17, 15) is 4.39 Å². The summed E-state index contributed by atoms with van der Waals surface area (Å²) in [5.74, 6) is -0.276. The van der Waals surface area contributed by atoms with Crippen molar-refractivity contribution in [2.75, 3.05) is 58.2 Å². The second-order valence-corrected chi connectivity index (χ2v) is 8.74. The SMILES string of the molecule is C=CCN1CCN(CCNC(=C)c2c(C)[nH]c(/C=C(\C=C)c3cc(F)ccc3NC)c2C)CC1.CC. The highest BCUT2D eigenvalue weighted by molar-refractivity contribution is 5.92. The molecule has 2 heterocycles. The highest BCUT2D eigenvalue weighted by Gasteiger charge is 2.17. The first kappa shape index (κ1) is 29.1. The smallest absolute Gasteiger partial charge is 0.123 e. The molecule has 3 rings (SSSR count). The minimum absolute atomic E-state index is 0.276. The maximum Gasteiger partial charge on any atom is 0.123 e. The van der Waals surface area contributed by atoms with E-state index in [0.717, 1.165) is 90.8 Å². The van der Waals surface area contributed by atoms with Gasteiger partial charge >= 0.3 is 0 Å². The Morgan fingerprint density at radius 3 is 2.39 bits per heavy atom. The van der Waals surface area contributed by atoms with Crippen molar-refractivity contribution < 1.29 is 4.39 Å². The van der Waals surface area contributed by atoms with Gasteiger partial charge in [-0.3, -0.25) is 9.80 Å². The number of H-pyrrole nitrogens is 1.